The lowest BCUT2D eigenvalue weighted by molar-refractivity contribution is -0.385. The van der Waals surface area contributed by atoms with Gasteiger partial charge in [-0.25, -0.2) is 0 Å². The summed E-state index contributed by atoms with van der Waals surface area (Å²) >= 11 is 0. The predicted molar refractivity (Wildman–Crippen MR) is 59.1 cm³/mol. The number of ether oxygens (including phenoxy) is 1. The maximum Gasteiger partial charge on any atom is 0.312 e. The summed E-state index contributed by atoms with van der Waals surface area (Å²) in [6.45, 7) is 0.833. The molecule has 0 spiro atoms. The molecule has 1 heterocycles. The van der Waals surface area contributed by atoms with Crippen LogP contribution in [0.5, 0.6) is 5.75 Å². The first kappa shape index (κ1) is 11.6. The molecule has 1 aromatic carbocycles. The molecule has 0 aromatic heterocycles. The van der Waals surface area contributed by atoms with Gasteiger partial charge in [-0.3, -0.25) is 10.1 Å². The highest BCUT2D eigenvalue weighted by Crippen LogP contribution is 2.35. The summed E-state index contributed by atoms with van der Waals surface area (Å²) in [6.07, 6.45) is 0.893. The number of nitrogens with one attached hydrogen (secondary N) is 1. The van der Waals surface area contributed by atoms with Crippen LogP contribution in [0, 0.1) is 10.1 Å². The largest absolute Gasteiger partial charge is 0.490 e. The van der Waals surface area contributed by atoms with E-state index < -0.39 is 4.92 Å². The van der Waals surface area contributed by atoms with Gasteiger partial charge in [-0.2, -0.15) is 0 Å². The number of methoxy groups -OCH3 is 1. The molecule has 0 unspecified atom stereocenters. The van der Waals surface area contributed by atoms with Gasteiger partial charge < -0.3 is 10.1 Å². The fourth-order valence-electron chi connectivity index (χ4n) is 1.62. The van der Waals surface area contributed by atoms with Crippen LogP contribution in [0.25, 0.3) is 0 Å². The molecule has 1 aromatic rings. The Bertz CT molecular complexity index is 395. The molecule has 1 aliphatic rings. The van der Waals surface area contributed by atoms with Crippen molar-refractivity contribution in [3.05, 3.63) is 27.8 Å². The number of fused-ring (bicyclic) bond motifs is 1. The van der Waals surface area contributed by atoms with Crippen LogP contribution in [0.15, 0.2) is 12.1 Å². The van der Waals surface area contributed by atoms with Gasteiger partial charge in [0.05, 0.1) is 12.0 Å². The van der Waals surface area contributed by atoms with Crippen LogP contribution in [0.4, 0.5) is 11.4 Å². The van der Waals surface area contributed by atoms with Crippen LogP contribution in [-0.2, 0) is 6.42 Å². The molecule has 0 atom stereocenters. The second kappa shape index (κ2) is 4.35. The molecule has 82 valence electrons. The number of hydrogen-bond acceptors (Lipinski definition) is 4. The zero-order chi connectivity index (χ0) is 10.1. The van der Waals surface area contributed by atoms with Crippen molar-refractivity contribution < 1.29 is 9.66 Å². The Balaban J connectivity index is 0.00000112. The van der Waals surface area contributed by atoms with Crippen molar-refractivity contribution in [3.63, 3.8) is 0 Å². The lowest BCUT2D eigenvalue weighted by atomic mass is 10.1. The van der Waals surface area contributed by atoms with Crippen LogP contribution >= 0.6 is 12.4 Å². The van der Waals surface area contributed by atoms with Crippen molar-refractivity contribution in [2.45, 2.75) is 6.42 Å². The summed E-state index contributed by atoms with van der Waals surface area (Å²) in [5, 5.41) is 13.8. The highest BCUT2D eigenvalue weighted by molar-refractivity contribution is 5.85. The lowest BCUT2D eigenvalue weighted by Crippen LogP contribution is -1.95. The van der Waals surface area contributed by atoms with Gasteiger partial charge >= 0.3 is 5.69 Å². The fraction of sp³-hybridized carbons (Fsp3) is 0.333. The van der Waals surface area contributed by atoms with Gasteiger partial charge in [0.1, 0.15) is 0 Å². The van der Waals surface area contributed by atoms with Gasteiger partial charge in [0.25, 0.3) is 0 Å². The van der Waals surface area contributed by atoms with E-state index in [9.17, 15) is 10.1 Å². The van der Waals surface area contributed by atoms with E-state index in [1.165, 1.54) is 13.2 Å². The van der Waals surface area contributed by atoms with E-state index in [1.54, 1.807) is 6.07 Å². The van der Waals surface area contributed by atoms with Crippen molar-refractivity contribution in [1.82, 2.24) is 0 Å². The maximum absolute atomic E-state index is 10.7. The molecule has 6 heteroatoms. The first-order valence-electron chi connectivity index (χ1n) is 4.31. The normalized spacial score (nSPS) is 12.3. The van der Waals surface area contributed by atoms with Gasteiger partial charge in [0, 0.05) is 18.3 Å². The Morgan fingerprint density at radius 3 is 2.87 bits per heavy atom. The molecule has 1 aliphatic heterocycles. The molecule has 0 amide bonds. The van der Waals surface area contributed by atoms with E-state index >= 15 is 0 Å². The standard InChI is InChI=1S/C9H10N2O3.ClH/c1-14-9-4-6-2-3-10-7(6)5-8(9)11(12)13;/h4-5,10H,2-3H2,1H3;1H. The third kappa shape index (κ3) is 1.97. The van der Waals surface area contributed by atoms with Gasteiger partial charge in [-0.15, -0.1) is 12.4 Å². The second-order valence-electron chi connectivity index (χ2n) is 3.12. The number of nitrogens with zero attached hydrogens (tertiary/aromatic N) is 1. The van der Waals surface area contributed by atoms with E-state index in [-0.39, 0.29) is 18.1 Å². The van der Waals surface area contributed by atoms with E-state index in [0.717, 1.165) is 24.2 Å². The monoisotopic (exact) mass is 230 g/mol. The minimum atomic E-state index is -0.431. The molecular weight excluding hydrogens is 220 g/mol. The summed E-state index contributed by atoms with van der Waals surface area (Å²) in [6, 6.07) is 3.26. The van der Waals surface area contributed by atoms with Crippen molar-refractivity contribution in [3.8, 4) is 5.75 Å². The first-order chi connectivity index (χ1) is 6.72. The molecular formula is C9H11ClN2O3. The number of hydrogen-bond donors (Lipinski definition) is 1. The van der Waals surface area contributed by atoms with Crippen LogP contribution in [-0.4, -0.2) is 18.6 Å². The van der Waals surface area contributed by atoms with Crippen molar-refractivity contribution in [1.29, 1.82) is 0 Å². The number of rotatable bonds is 2. The van der Waals surface area contributed by atoms with E-state index in [0.29, 0.717) is 5.75 Å². The first-order valence-corrected chi connectivity index (χ1v) is 4.31. The van der Waals surface area contributed by atoms with Gasteiger partial charge in [-0.1, -0.05) is 0 Å². The number of nitro groups is 1. The van der Waals surface area contributed by atoms with Crippen LogP contribution in [0.2, 0.25) is 0 Å². The summed E-state index contributed by atoms with van der Waals surface area (Å²) in [5.74, 6) is 0.331. The molecule has 0 aliphatic carbocycles. The molecule has 0 saturated carbocycles. The number of benzene rings is 1. The quantitative estimate of drug-likeness (QED) is 0.623. The summed E-state index contributed by atoms with van der Waals surface area (Å²) < 4.78 is 4.96. The maximum atomic E-state index is 10.7. The Morgan fingerprint density at radius 1 is 1.53 bits per heavy atom. The Kier molecular flexibility index (Phi) is 3.36. The van der Waals surface area contributed by atoms with Gasteiger partial charge in [-0.05, 0) is 18.1 Å². The number of halogens is 1. The second-order valence-corrected chi connectivity index (χ2v) is 3.12. The van der Waals surface area contributed by atoms with Gasteiger partial charge in [0.15, 0.2) is 5.75 Å². The zero-order valence-electron chi connectivity index (χ0n) is 8.15. The smallest absolute Gasteiger partial charge is 0.312 e. The molecule has 5 nitrogen and oxygen atoms in total. The van der Waals surface area contributed by atoms with Crippen molar-refractivity contribution in [2.75, 3.05) is 19.0 Å². The van der Waals surface area contributed by atoms with E-state index in [2.05, 4.69) is 5.32 Å². The minimum absolute atomic E-state index is 0. The molecule has 1 N–H and O–H groups in total. The van der Waals surface area contributed by atoms with Crippen LogP contribution in [0.1, 0.15) is 5.56 Å². The molecule has 0 saturated heterocycles. The number of nitro benzene ring substituents is 1. The average molecular weight is 231 g/mol. The highest BCUT2D eigenvalue weighted by atomic mass is 35.5. The topological polar surface area (TPSA) is 64.4 Å². The Hall–Kier alpha value is -1.49. The van der Waals surface area contributed by atoms with E-state index in [4.69, 9.17) is 4.74 Å². The SMILES string of the molecule is COc1cc2c(cc1[N+](=O)[O-])NCC2.Cl. The molecule has 0 bridgehead atoms. The summed E-state index contributed by atoms with van der Waals surface area (Å²) in [4.78, 5) is 10.2. The van der Waals surface area contributed by atoms with Gasteiger partial charge in [0.2, 0.25) is 0 Å². The molecule has 0 radical (unpaired) electrons. The third-order valence-electron chi connectivity index (χ3n) is 2.31. The third-order valence-corrected chi connectivity index (χ3v) is 2.31. The van der Waals surface area contributed by atoms with Crippen molar-refractivity contribution in [2.24, 2.45) is 0 Å². The molecule has 2 rings (SSSR count). The summed E-state index contributed by atoms with van der Waals surface area (Å²) in [5.41, 5.74) is 1.94. The average Bonchev–Trinajstić information content (AvgIpc) is 2.62. The Labute approximate surface area is 93.0 Å². The van der Waals surface area contributed by atoms with E-state index in [1.807, 2.05) is 0 Å². The van der Waals surface area contributed by atoms with Crippen LogP contribution < -0.4 is 10.1 Å². The Morgan fingerprint density at radius 2 is 2.27 bits per heavy atom. The highest BCUT2D eigenvalue weighted by Gasteiger charge is 2.20. The fourth-order valence-corrected chi connectivity index (χ4v) is 1.62. The number of anilines is 1. The summed E-state index contributed by atoms with van der Waals surface area (Å²) in [7, 11) is 1.44. The predicted octanol–water partition coefficient (Wildman–Crippen LogP) is 1.99. The lowest BCUT2D eigenvalue weighted by Gasteiger charge is -2.04. The zero-order valence-corrected chi connectivity index (χ0v) is 8.97. The van der Waals surface area contributed by atoms with Crippen LogP contribution in [0.3, 0.4) is 0 Å². The molecule has 0 fully saturated rings. The molecule has 15 heavy (non-hydrogen) atoms. The minimum Gasteiger partial charge on any atom is -0.490 e. The van der Waals surface area contributed by atoms with Crippen molar-refractivity contribution >= 4 is 23.8 Å².